The van der Waals surface area contributed by atoms with E-state index in [1.54, 1.807) is 11.3 Å². The van der Waals surface area contributed by atoms with Crippen LogP contribution in [-0.4, -0.2) is 14.8 Å². The summed E-state index contributed by atoms with van der Waals surface area (Å²) in [5.74, 6) is 0. The van der Waals surface area contributed by atoms with Crippen LogP contribution in [0.25, 0.3) is 10.2 Å². The predicted octanol–water partition coefficient (Wildman–Crippen LogP) is 4.46. The smallest absolute Gasteiger partial charge is 0.337 e. The van der Waals surface area contributed by atoms with Crippen LogP contribution in [0.2, 0.25) is 0 Å². The van der Waals surface area contributed by atoms with Crippen LogP contribution in [0.4, 0.5) is 11.4 Å². The molecule has 0 saturated heterocycles. The summed E-state index contributed by atoms with van der Waals surface area (Å²) in [6, 6.07) is 13.1. The Kier molecular flexibility index (Phi) is 4.92. The third-order valence-electron chi connectivity index (χ3n) is 2.60. The van der Waals surface area contributed by atoms with Crippen molar-refractivity contribution in [3.8, 4) is 0 Å². The first-order chi connectivity index (χ1) is 10.5. The second-order valence-corrected chi connectivity index (χ2v) is 5.73. The summed E-state index contributed by atoms with van der Waals surface area (Å²) in [4.78, 5) is 22.0. The lowest BCUT2D eigenvalue weighted by molar-refractivity contribution is -0.422. The summed E-state index contributed by atoms with van der Waals surface area (Å²) in [6.07, 6.45) is 0. The summed E-state index contributed by atoms with van der Waals surface area (Å²) in [7, 11) is 0. The number of thiazole rings is 1. The van der Waals surface area contributed by atoms with Gasteiger partial charge in [-0.15, -0.1) is 11.3 Å². The Morgan fingerprint density at radius 1 is 0.909 bits per heavy atom. The molecule has 0 amide bonds. The molecule has 0 aliphatic heterocycles. The van der Waals surface area contributed by atoms with E-state index in [2.05, 4.69) is 11.1 Å². The first-order valence-electron chi connectivity index (χ1n) is 5.94. The van der Waals surface area contributed by atoms with Crippen LogP contribution in [0.1, 0.15) is 0 Å². The molecule has 0 bridgehead atoms. The number of nitrogens with one attached hydrogen (secondary N) is 1. The number of hydrogen-bond acceptors (Lipinski definition) is 6. The molecule has 0 atom stereocenters. The maximum Gasteiger partial charge on any atom is 0.346 e. The molecule has 1 aromatic heterocycles. The second kappa shape index (κ2) is 6.87. The van der Waals surface area contributed by atoms with Crippen molar-refractivity contribution in [1.82, 2.24) is 4.98 Å². The van der Waals surface area contributed by atoms with Gasteiger partial charge in [-0.1, -0.05) is 24.3 Å². The number of nitrogens with zero attached hydrogens (tertiary/aromatic N) is 2. The summed E-state index contributed by atoms with van der Waals surface area (Å²) in [6.45, 7) is 0. The van der Waals surface area contributed by atoms with Crippen LogP contribution in [0, 0.1) is 24.2 Å². The standard InChI is InChI=1S/C7H5NS2.C6H4N2O4/c9-7-8-5-3-1-2-4-6(5)10-7;9-7(10)5-3-1-2-4-6(5)8(11)12/h1-4H,(H,8,9);1-4H. The van der Waals surface area contributed by atoms with Crippen molar-refractivity contribution < 1.29 is 9.85 Å². The topological polar surface area (TPSA) is 102 Å². The van der Waals surface area contributed by atoms with E-state index in [1.807, 2.05) is 18.2 Å². The first-order valence-corrected chi connectivity index (χ1v) is 7.17. The van der Waals surface area contributed by atoms with E-state index in [4.69, 9.17) is 12.2 Å². The van der Waals surface area contributed by atoms with Crippen LogP contribution >= 0.6 is 23.6 Å². The van der Waals surface area contributed by atoms with Crippen LogP contribution in [0.3, 0.4) is 0 Å². The lowest BCUT2D eigenvalue weighted by Gasteiger charge is -1.91. The number of benzene rings is 2. The maximum absolute atomic E-state index is 10.2. The van der Waals surface area contributed by atoms with Crippen molar-refractivity contribution >= 4 is 45.1 Å². The lowest BCUT2D eigenvalue weighted by atomic mass is 10.3. The van der Waals surface area contributed by atoms with Crippen molar-refractivity contribution in [1.29, 1.82) is 0 Å². The predicted molar refractivity (Wildman–Crippen MR) is 86.8 cm³/mol. The van der Waals surface area contributed by atoms with Crippen molar-refractivity contribution in [3.63, 3.8) is 0 Å². The molecule has 0 spiro atoms. The van der Waals surface area contributed by atoms with Crippen molar-refractivity contribution in [2.24, 2.45) is 0 Å². The van der Waals surface area contributed by atoms with Crippen LogP contribution in [0.5, 0.6) is 0 Å². The van der Waals surface area contributed by atoms with Gasteiger partial charge in [0.25, 0.3) is 0 Å². The number of hydrogen-bond donors (Lipinski definition) is 1. The highest BCUT2D eigenvalue weighted by Gasteiger charge is 2.21. The molecular formula is C13H9N3O4S2. The fourth-order valence-corrected chi connectivity index (χ4v) is 2.78. The van der Waals surface area contributed by atoms with Gasteiger partial charge in [0.15, 0.2) is 3.95 Å². The molecule has 0 radical (unpaired) electrons. The number of H-pyrrole nitrogens is 1. The van der Waals surface area contributed by atoms with E-state index in [-0.39, 0.29) is 0 Å². The fraction of sp³-hybridized carbons (Fsp3) is 0. The maximum atomic E-state index is 10.2. The van der Waals surface area contributed by atoms with Gasteiger partial charge in [-0.05, 0) is 24.4 Å². The van der Waals surface area contributed by atoms with Crippen molar-refractivity contribution in [2.45, 2.75) is 0 Å². The molecule has 2 aromatic carbocycles. The highest BCUT2D eigenvalue weighted by molar-refractivity contribution is 7.73. The first kappa shape index (κ1) is 15.7. The van der Waals surface area contributed by atoms with E-state index in [0.29, 0.717) is 0 Å². The van der Waals surface area contributed by atoms with Crippen LogP contribution < -0.4 is 0 Å². The lowest BCUT2D eigenvalue weighted by Crippen LogP contribution is -1.95. The molecule has 112 valence electrons. The Bertz CT molecular complexity index is 819. The number of nitro groups is 2. The molecule has 3 aromatic rings. The number of rotatable bonds is 2. The highest BCUT2D eigenvalue weighted by Crippen LogP contribution is 2.24. The number of fused-ring (bicyclic) bond motifs is 1. The average molecular weight is 335 g/mol. The van der Waals surface area contributed by atoms with Crippen LogP contribution in [0.15, 0.2) is 48.5 Å². The molecule has 7 nitrogen and oxygen atoms in total. The minimum absolute atomic E-state index is 0.484. The summed E-state index contributed by atoms with van der Waals surface area (Å²) in [5.41, 5.74) is 0.169. The summed E-state index contributed by atoms with van der Waals surface area (Å²) in [5, 5.41) is 20.5. The van der Waals surface area contributed by atoms with Gasteiger partial charge in [0, 0.05) is 12.1 Å². The molecule has 0 saturated carbocycles. The normalized spacial score (nSPS) is 9.82. The van der Waals surface area contributed by atoms with Gasteiger partial charge < -0.3 is 4.98 Å². The molecule has 0 fully saturated rings. The molecular weight excluding hydrogens is 326 g/mol. The van der Waals surface area contributed by atoms with E-state index >= 15 is 0 Å². The third kappa shape index (κ3) is 3.71. The number of aromatic amines is 1. The van der Waals surface area contributed by atoms with Gasteiger partial charge in [-0.25, -0.2) is 0 Å². The molecule has 1 heterocycles. The Labute approximate surface area is 133 Å². The van der Waals surface area contributed by atoms with Gasteiger partial charge in [0.1, 0.15) is 0 Å². The van der Waals surface area contributed by atoms with Crippen LogP contribution in [-0.2, 0) is 0 Å². The molecule has 0 aliphatic carbocycles. The minimum Gasteiger partial charge on any atom is -0.337 e. The van der Waals surface area contributed by atoms with Gasteiger partial charge in [-0.3, -0.25) is 20.2 Å². The molecule has 3 rings (SSSR count). The van der Waals surface area contributed by atoms with E-state index in [9.17, 15) is 20.2 Å². The Morgan fingerprint density at radius 2 is 1.41 bits per heavy atom. The van der Waals surface area contributed by atoms with E-state index in [0.717, 1.165) is 21.6 Å². The quantitative estimate of drug-likeness (QED) is 0.423. The Morgan fingerprint density at radius 3 is 1.91 bits per heavy atom. The molecule has 22 heavy (non-hydrogen) atoms. The van der Waals surface area contributed by atoms with E-state index < -0.39 is 21.2 Å². The zero-order valence-electron chi connectivity index (χ0n) is 11.0. The Hall–Kier alpha value is -2.65. The fourth-order valence-electron chi connectivity index (χ4n) is 1.67. The van der Waals surface area contributed by atoms with Crippen molar-refractivity contribution in [3.05, 3.63) is 72.7 Å². The number of para-hydroxylation sites is 3. The molecule has 1 N–H and O–H groups in total. The minimum atomic E-state index is -0.780. The van der Waals surface area contributed by atoms with Gasteiger partial charge in [0.05, 0.1) is 20.1 Å². The number of nitro benzene ring substituents is 2. The molecule has 0 unspecified atom stereocenters. The average Bonchev–Trinajstić information content (AvgIpc) is 2.87. The SMILES string of the molecule is O=[N+]([O-])c1ccccc1[N+](=O)[O-].S=c1[nH]c2ccccc2s1. The zero-order valence-corrected chi connectivity index (χ0v) is 12.6. The monoisotopic (exact) mass is 335 g/mol. The molecule has 9 heteroatoms. The van der Waals surface area contributed by atoms with Gasteiger partial charge in [-0.2, -0.15) is 0 Å². The largest absolute Gasteiger partial charge is 0.346 e. The van der Waals surface area contributed by atoms with Crippen molar-refractivity contribution in [2.75, 3.05) is 0 Å². The van der Waals surface area contributed by atoms with Gasteiger partial charge >= 0.3 is 11.4 Å². The summed E-state index contributed by atoms with van der Waals surface area (Å²) >= 11 is 6.59. The number of aromatic nitrogens is 1. The Balaban J connectivity index is 0.000000162. The van der Waals surface area contributed by atoms with Gasteiger partial charge in [0.2, 0.25) is 0 Å². The third-order valence-corrected chi connectivity index (χ3v) is 3.82. The summed E-state index contributed by atoms with van der Waals surface area (Å²) < 4.78 is 2.08. The molecule has 0 aliphatic rings. The second-order valence-electron chi connectivity index (χ2n) is 4.01. The zero-order chi connectivity index (χ0) is 16.1. The highest BCUT2D eigenvalue weighted by atomic mass is 32.1. The van der Waals surface area contributed by atoms with E-state index in [1.165, 1.54) is 16.8 Å².